The molecule has 0 radical (unpaired) electrons. The summed E-state index contributed by atoms with van der Waals surface area (Å²) in [6.07, 6.45) is 0.339. The van der Waals surface area contributed by atoms with Crippen LogP contribution in [0.15, 0.2) is 0 Å². The minimum Gasteiger partial charge on any atom is -0.466 e. The third kappa shape index (κ3) is 7.88. The molecule has 0 unspecified atom stereocenters. The van der Waals surface area contributed by atoms with Crippen LogP contribution in [0.1, 0.15) is 33.6 Å². The number of carbonyl (C=O) groups excluding carboxylic acids is 2. The smallest absolute Gasteiger partial charge is 0.306 e. The zero-order valence-electron chi connectivity index (χ0n) is 10.9. The molecule has 0 fully saturated rings. The van der Waals surface area contributed by atoms with Gasteiger partial charge in [0.2, 0.25) is 0 Å². The van der Waals surface area contributed by atoms with E-state index in [1.165, 1.54) is 0 Å². The fourth-order valence-corrected chi connectivity index (χ4v) is 1.43. The zero-order valence-corrected chi connectivity index (χ0v) is 10.9. The van der Waals surface area contributed by atoms with Gasteiger partial charge in [-0.1, -0.05) is 0 Å². The van der Waals surface area contributed by atoms with E-state index in [0.717, 1.165) is 0 Å². The van der Waals surface area contributed by atoms with Crippen LogP contribution in [-0.2, 0) is 14.3 Å². The summed E-state index contributed by atoms with van der Waals surface area (Å²) >= 11 is 0. The van der Waals surface area contributed by atoms with Gasteiger partial charge in [-0.25, -0.2) is 0 Å². The minimum absolute atomic E-state index is 0.000188. The number of aliphatic hydroxyl groups is 1. The molecule has 0 rings (SSSR count). The topological polar surface area (TPSA) is 66.8 Å². The van der Waals surface area contributed by atoms with Crippen molar-refractivity contribution < 1.29 is 19.4 Å². The first kappa shape index (κ1) is 16.1. The van der Waals surface area contributed by atoms with Crippen LogP contribution in [0.3, 0.4) is 0 Å². The average molecular weight is 245 g/mol. The van der Waals surface area contributed by atoms with Crippen molar-refractivity contribution in [1.82, 2.24) is 4.90 Å². The van der Waals surface area contributed by atoms with E-state index in [1.807, 2.05) is 18.7 Å². The molecule has 0 heterocycles. The number of rotatable bonds is 9. The molecule has 5 nitrogen and oxygen atoms in total. The van der Waals surface area contributed by atoms with Gasteiger partial charge in [-0.2, -0.15) is 0 Å². The maximum absolute atomic E-state index is 11.6. The molecule has 0 saturated heterocycles. The van der Waals surface area contributed by atoms with Crippen LogP contribution in [0.2, 0.25) is 0 Å². The van der Waals surface area contributed by atoms with E-state index in [1.54, 1.807) is 6.92 Å². The van der Waals surface area contributed by atoms with Gasteiger partial charge in [0.05, 0.1) is 26.2 Å². The van der Waals surface area contributed by atoms with Gasteiger partial charge in [-0.05, 0) is 20.8 Å². The number of nitrogens with zero attached hydrogens (tertiary/aromatic N) is 1. The summed E-state index contributed by atoms with van der Waals surface area (Å²) in [5, 5.41) is 8.86. The maximum atomic E-state index is 11.6. The third-order valence-corrected chi connectivity index (χ3v) is 2.41. The summed E-state index contributed by atoms with van der Waals surface area (Å²) in [4.78, 5) is 24.6. The van der Waals surface area contributed by atoms with Crippen molar-refractivity contribution in [3.8, 4) is 0 Å². The molecule has 0 saturated carbocycles. The molecule has 0 aliphatic heterocycles. The maximum Gasteiger partial charge on any atom is 0.306 e. The number of hydrogen-bond acceptors (Lipinski definition) is 5. The van der Waals surface area contributed by atoms with Crippen LogP contribution in [-0.4, -0.2) is 54.1 Å². The summed E-state index contributed by atoms with van der Waals surface area (Å²) in [5.41, 5.74) is 0. The number of ether oxygens (including phenoxy) is 1. The van der Waals surface area contributed by atoms with Crippen molar-refractivity contribution in [1.29, 1.82) is 0 Å². The number of ketones is 1. The Morgan fingerprint density at radius 2 is 1.94 bits per heavy atom. The van der Waals surface area contributed by atoms with Crippen molar-refractivity contribution in [2.45, 2.75) is 39.7 Å². The van der Waals surface area contributed by atoms with Gasteiger partial charge in [0.25, 0.3) is 0 Å². The van der Waals surface area contributed by atoms with Crippen molar-refractivity contribution in [3.63, 3.8) is 0 Å². The Kier molecular flexibility index (Phi) is 8.62. The Balaban J connectivity index is 3.93. The SMILES string of the molecule is CCOC(=O)CCC(=O)CN(CCO)C(C)C. The van der Waals surface area contributed by atoms with Gasteiger partial charge < -0.3 is 9.84 Å². The normalized spacial score (nSPS) is 10.9. The number of aliphatic hydroxyl groups excluding tert-OH is 1. The van der Waals surface area contributed by atoms with Crippen molar-refractivity contribution in [3.05, 3.63) is 0 Å². The lowest BCUT2D eigenvalue weighted by molar-refractivity contribution is -0.144. The summed E-state index contributed by atoms with van der Waals surface area (Å²) in [6, 6.07) is 0.202. The molecule has 0 aromatic carbocycles. The average Bonchev–Trinajstić information content (AvgIpc) is 2.26. The number of Topliss-reactive ketones (excluding diaryl/α,β-unsaturated/α-hetero) is 1. The molecular formula is C12H23NO4. The molecule has 0 amide bonds. The molecule has 100 valence electrons. The molecule has 0 aromatic rings. The van der Waals surface area contributed by atoms with E-state index in [9.17, 15) is 9.59 Å². The van der Waals surface area contributed by atoms with Crippen LogP contribution in [0.5, 0.6) is 0 Å². The van der Waals surface area contributed by atoms with E-state index in [2.05, 4.69) is 0 Å². The van der Waals surface area contributed by atoms with Crippen LogP contribution in [0.4, 0.5) is 0 Å². The molecule has 1 N–H and O–H groups in total. The summed E-state index contributed by atoms with van der Waals surface area (Å²) in [7, 11) is 0. The van der Waals surface area contributed by atoms with Crippen molar-refractivity contribution in [2.24, 2.45) is 0 Å². The molecule has 0 aromatic heterocycles. The Bertz CT molecular complexity index is 241. The summed E-state index contributed by atoms with van der Waals surface area (Å²) in [6.45, 7) is 6.80. The van der Waals surface area contributed by atoms with E-state index in [4.69, 9.17) is 9.84 Å². The van der Waals surface area contributed by atoms with Gasteiger partial charge in [-0.15, -0.1) is 0 Å². The number of esters is 1. The minimum atomic E-state index is -0.334. The highest BCUT2D eigenvalue weighted by Crippen LogP contribution is 2.01. The molecular weight excluding hydrogens is 222 g/mol. The van der Waals surface area contributed by atoms with Crippen molar-refractivity contribution in [2.75, 3.05) is 26.3 Å². The second kappa shape index (κ2) is 9.13. The number of carbonyl (C=O) groups is 2. The fraction of sp³-hybridized carbons (Fsp3) is 0.833. The first-order chi connectivity index (χ1) is 8.01. The standard InChI is InChI=1S/C12H23NO4/c1-4-17-12(16)6-5-11(15)9-13(7-8-14)10(2)3/h10,14H,4-9H2,1-3H3. The van der Waals surface area contributed by atoms with Gasteiger partial charge in [-0.3, -0.25) is 14.5 Å². The van der Waals surface area contributed by atoms with Gasteiger partial charge >= 0.3 is 5.97 Å². The van der Waals surface area contributed by atoms with Crippen LogP contribution in [0.25, 0.3) is 0 Å². The van der Waals surface area contributed by atoms with Gasteiger partial charge in [0.15, 0.2) is 0 Å². The monoisotopic (exact) mass is 245 g/mol. The lowest BCUT2D eigenvalue weighted by atomic mass is 10.2. The highest BCUT2D eigenvalue weighted by Gasteiger charge is 2.14. The van der Waals surface area contributed by atoms with Crippen molar-refractivity contribution >= 4 is 11.8 Å². The van der Waals surface area contributed by atoms with Crippen LogP contribution >= 0.6 is 0 Å². The van der Waals surface area contributed by atoms with Gasteiger partial charge in [0, 0.05) is 19.0 Å². The highest BCUT2D eigenvalue weighted by atomic mass is 16.5. The third-order valence-electron chi connectivity index (χ3n) is 2.41. The quantitative estimate of drug-likeness (QED) is 0.603. The first-order valence-electron chi connectivity index (χ1n) is 6.03. The Morgan fingerprint density at radius 1 is 1.29 bits per heavy atom. The van der Waals surface area contributed by atoms with E-state index >= 15 is 0 Å². The van der Waals surface area contributed by atoms with E-state index < -0.39 is 0 Å². The molecule has 0 aliphatic rings. The lowest BCUT2D eigenvalue weighted by Gasteiger charge is -2.24. The highest BCUT2D eigenvalue weighted by molar-refractivity contribution is 5.84. The second-order valence-electron chi connectivity index (χ2n) is 4.13. The molecule has 17 heavy (non-hydrogen) atoms. The lowest BCUT2D eigenvalue weighted by Crippen LogP contribution is -2.37. The first-order valence-corrected chi connectivity index (χ1v) is 6.03. The van der Waals surface area contributed by atoms with E-state index in [-0.39, 0.29) is 43.8 Å². The Hall–Kier alpha value is -0.940. The van der Waals surface area contributed by atoms with Crippen LogP contribution in [0, 0.1) is 0 Å². The predicted octanol–water partition coefficient (Wildman–Crippen LogP) is 0.601. The fourth-order valence-electron chi connectivity index (χ4n) is 1.43. The second-order valence-corrected chi connectivity index (χ2v) is 4.13. The molecule has 0 aliphatic carbocycles. The molecule has 5 heteroatoms. The van der Waals surface area contributed by atoms with Gasteiger partial charge in [0.1, 0.15) is 5.78 Å². The molecule has 0 bridgehead atoms. The summed E-state index contributed by atoms with van der Waals surface area (Å²) in [5.74, 6) is -0.334. The van der Waals surface area contributed by atoms with Crippen LogP contribution < -0.4 is 0 Å². The Labute approximate surface area is 103 Å². The van der Waals surface area contributed by atoms with E-state index in [0.29, 0.717) is 13.2 Å². The number of hydrogen-bond donors (Lipinski definition) is 1. The Morgan fingerprint density at radius 3 is 2.41 bits per heavy atom. The molecule has 0 atom stereocenters. The largest absolute Gasteiger partial charge is 0.466 e. The molecule has 0 spiro atoms. The predicted molar refractivity (Wildman–Crippen MR) is 64.7 cm³/mol. The summed E-state index contributed by atoms with van der Waals surface area (Å²) < 4.78 is 4.75. The zero-order chi connectivity index (χ0) is 13.3.